The van der Waals surface area contributed by atoms with Crippen molar-refractivity contribution in [2.75, 3.05) is 32.3 Å². The molecule has 0 unspecified atom stereocenters. The van der Waals surface area contributed by atoms with Crippen LogP contribution in [-0.4, -0.2) is 60.4 Å². The first kappa shape index (κ1) is 21.6. The van der Waals surface area contributed by atoms with E-state index in [0.717, 1.165) is 11.3 Å². The van der Waals surface area contributed by atoms with E-state index in [-0.39, 0.29) is 16.4 Å². The molecule has 0 aromatic heterocycles. The summed E-state index contributed by atoms with van der Waals surface area (Å²) in [5.74, 6) is 0.706. The SMILES string of the molecule is COc1ccc(S(=O)(=O)[C@H]2CS(=O)(=O)C[C@@H]2NCCc2ccccc2OC)cc1. The van der Waals surface area contributed by atoms with E-state index in [1.807, 2.05) is 24.3 Å². The molecular formula is C20H25NO6S2. The Hall–Kier alpha value is -2.10. The Labute approximate surface area is 171 Å². The average molecular weight is 440 g/mol. The number of hydrogen-bond acceptors (Lipinski definition) is 7. The molecule has 1 saturated heterocycles. The molecule has 0 spiro atoms. The fraction of sp³-hybridized carbons (Fsp3) is 0.400. The summed E-state index contributed by atoms with van der Waals surface area (Å²) in [6, 6.07) is 12.9. The maximum Gasteiger partial charge on any atom is 0.183 e. The molecule has 1 fully saturated rings. The Bertz CT molecular complexity index is 1050. The highest BCUT2D eigenvalue weighted by Crippen LogP contribution is 2.27. The zero-order chi connectivity index (χ0) is 21.1. The second kappa shape index (κ2) is 8.73. The van der Waals surface area contributed by atoms with Crippen LogP contribution in [0.15, 0.2) is 53.4 Å². The van der Waals surface area contributed by atoms with Crippen LogP contribution in [0.2, 0.25) is 0 Å². The van der Waals surface area contributed by atoms with E-state index in [9.17, 15) is 16.8 Å². The number of benzene rings is 2. The van der Waals surface area contributed by atoms with Crippen molar-refractivity contribution >= 4 is 19.7 Å². The van der Waals surface area contributed by atoms with Gasteiger partial charge in [0, 0.05) is 6.04 Å². The van der Waals surface area contributed by atoms with Crippen LogP contribution in [0, 0.1) is 0 Å². The Morgan fingerprint density at radius 2 is 1.69 bits per heavy atom. The van der Waals surface area contributed by atoms with Gasteiger partial charge in [0.05, 0.1) is 35.9 Å². The molecule has 0 saturated carbocycles. The molecule has 29 heavy (non-hydrogen) atoms. The van der Waals surface area contributed by atoms with Crippen LogP contribution >= 0.6 is 0 Å². The Morgan fingerprint density at radius 3 is 2.34 bits per heavy atom. The summed E-state index contributed by atoms with van der Waals surface area (Å²) in [5.41, 5.74) is 0.970. The van der Waals surface area contributed by atoms with Crippen molar-refractivity contribution < 1.29 is 26.3 Å². The van der Waals surface area contributed by atoms with E-state index in [1.54, 1.807) is 19.2 Å². The van der Waals surface area contributed by atoms with Gasteiger partial charge in [-0.25, -0.2) is 16.8 Å². The number of methoxy groups -OCH3 is 2. The molecule has 158 valence electrons. The first-order chi connectivity index (χ1) is 13.8. The van der Waals surface area contributed by atoms with Gasteiger partial charge in [-0.2, -0.15) is 0 Å². The molecular weight excluding hydrogens is 414 g/mol. The predicted molar refractivity (Wildman–Crippen MR) is 111 cm³/mol. The number of nitrogens with one attached hydrogen (secondary N) is 1. The molecule has 3 rings (SSSR count). The highest BCUT2D eigenvalue weighted by molar-refractivity contribution is 7.96. The predicted octanol–water partition coefficient (Wildman–Crippen LogP) is 1.48. The summed E-state index contributed by atoms with van der Waals surface area (Å²) >= 11 is 0. The van der Waals surface area contributed by atoms with Crippen LogP contribution in [0.1, 0.15) is 5.56 Å². The van der Waals surface area contributed by atoms with Gasteiger partial charge in [0.15, 0.2) is 19.7 Å². The summed E-state index contributed by atoms with van der Waals surface area (Å²) in [6.07, 6.45) is 0.593. The van der Waals surface area contributed by atoms with E-state index in [4.69, 9.17) is 9.47 Å². The molecule has 1 N–H and O–H groups in total. The summed E-state index contributed by atoms with van der Waals surface area (Å²) in [4.78, 5) is 0.0944. The molecule has 0 radical (unpaired) electrons. The molecule has 0 amide bonds. The molecule has 2 atom stereocenters. The largest absolute Gasteiger partial charge is 0.497 e. The number of sulfone groups is 2. The van der Waals surface area contributed by atoms with E-state index in [0.29, 0.717) is 18.7 Å². The normalized spacial score (nSPS) is 21.0. The lowest BCUT2D eigenvalue weighted by Crippen LogP contribution is -2.44. The van der Waals surface area contributed by atoms with Crippen LogP contribution in [0.3, 0.4) is 0 Å². The Kier molecular flexibility index (Phi) is 6.50. The monoisotopic (exact) mass is 439 g/mol. The minimum atomic E-state index is -3.81. The van der Waals surface area contributed by atoms with Crippen LogP contribution in [0.4, 0.5) is 0 Å². The summed E-state index contributed by atoms with van der Waals surface area (Å²) in [7, 11) is -4.18. The molecule has 9 heteroatoms. The highest BCUT2D eigenvalue weighted by Gasteiger charge is 2.45. The molecule has 7 nitrogen and oxygen atoms in total. The van der Waals surface area contributed by atoms with Crippen molar-refractivity contribution in [1.29, 1.82) is 0 Å². The first-order valence-corrected chi connectivity index (χ1v) is 12.6. The summed E-state index contributed by atoms with van der Waals surface area (Å²) in [5, 5.41) is 2.12. The third-order valence-corrected chi connectivity index (χ3v) is 9.25. The Morgan fingerprint density at radius 1 is 1.00 bits per heavy atom. The fourth-order valence-electron chi connectivity index (χ4n) is 3.55. The van der Waals surface area contributed by atoms with Gasteiger partial charge in [-0.1, -0.05) is 18.2 Å². The lowest BCUT2D eigenvalue weighted by Gasteiger charge is -2.20. The van der Waals surface area contributed by atoms with Crippen molar-refractivity contribution in [3.63, 3.8) is 0 Å². The topological polar surface area (TPSA) is 98.8 Å². The molecule has 2 aromatic rings. The van der Waals surface area contributed by atoms with E-state index >= 15 is 0 Å². The molecule has 2 aromatic carbocycles. The van der Waals surface area contributed by atoms with Crippen LogP contribution in [0.5, 0.6) is 11.5 Å². The van der Waals surface area contributed by atoms with Gasteiger partial charge >= 0.3 is 0 Å². The van der Waals surface area contributed by atoms with Gasteiger partial charge in [0.1, 0.15) is 11.5 Å². The summed E-state index contributed by atoms with van der Waals surface area (Å²) in [6.45, 7) is 0.440. The van der Waals surface area contributed by atoms with Crippen molar-refractivity contribution in [3.8, 4) is 11.5 Å². The standard InChI is InChI=1S/C20H25NO6S2/c1-26-16-7-9-17(10-8-16)29(24,25)20-14-28(22,23)13-18(20)21-12-11-15-5-3-4-6-19(15)27-2/h3-10,18,20-21H,11-14H2,1-2H3/t18-,20-/m0/s1. The number of para-hydroxylation sites is 1. The number of ether oxygens (including phenoxy) is 2. The van der Waals surface area contributed by atoms with Crippen molar-refractivity contribution in [1.82, 2.24) is 5.32 Å². The maximum atomic E-state index is 13.1. The molecule has 0 aliphatic carbocycles. The fourth-order valence-corrected chi connectivity index (χ4v) is 8.27. The minimum Gasteiger partial charge on any atom is -0.497 e. The Balaban J connectivity index is 1.76. The minimum absolute atomic E-state index is 0.0944. The van der Waals surface area contributed by atoms with Crippen LogP contribution in [-0.2, 0) is 26.1 Å². The van der Waals surface area contributed by atoms with Crippen molar-refractivity contribution in [2.45, 2.75) is 22.6 Å². The molecule has 1 heterocycles. The van der Waals surface area contributed by atoms with E-state index in [2.05, 4.69) is 5.32 Å². The van der Waals surface area contributed by atoms with Gasteiger partial charge in [-0.15, -0.1) is 0 Å². The first-order valence-electron chi connectivity index (χ1n) is 9.20. The third kappa shape index (κ3) is 4.91. The smallest absolute Gasteiger partial charge is 0.183 e. The number of hydrogen-bond donors (Lipinski definition) is 1. The lowest BCUT2D eigenvalue weighted by atomic mass is 10.1. The molecule has 1 aliphatic heterocycles. The zero-order valence-electron chi connectivity index (χ0n) is 16.4. The molecule has 0 bridgehead atoms. The number of rotatable bonds is 8. The van der Waals surface area contributed by atoms with Gasteiger partial charge in [-0.3, -0.25) is 0 Å². The van der Waals surface area contributed by atoms with Gasteiger partial charge in [0.25, 0.3) is 0 Å². The van der Waals surface area contributed by atoms with E-state index < -0.39 is 31.0 Å². The van der Waals surface area contributed by atoms with Gasteiger partial charge < -0.3 is 14.8 Å². The van der Waals surface area contributed by atoms with Crippen LogP contribution in [0.25, 0.3) is 0 Å². The highest BCUT2D eigenvalue weighted by atomic mass is 32.2. The van der Waals surface area contributed by atoms with Crippen LogP contribution < -0.4 is 14.8 Å². The van der Waals surface area contributed by atoms with Crippen molar-refractivity contribution in [2.24, 2.45) is 0 Å². The van der Waals surface area contributed by atoms with E-state index in [1.165, 1.54) is 19.2 Å². The quantitative estimate of drug-likeness (QED) is 0.665. The second-order valence-corrected chi connectivity index (χ2v) is 11.3. The lowest BCUT2D eigenvalue weighted by molar-refractivity contribution is 0.408. The zero-order valence-corrected chi connectivity index (χ0v) is 18.0. The van der Waals surface area contributed by atoms with Crippen molar-refractivity contribution in [3.05, 3.63) is 54.1 Å². The second-order valence-electron chi connectivity index (χ2n) is 6.96. The third-order valence-electron chi connectivity index (χ3n) is 5.08. The average Bonchev–Trinajstić information content (AvgIpc) is 3.03. The molecule has 1 aliphatic rings. The maximum absolute atomic E-state index is 13.1. The summed E-state index contributed by atoms with van der Waals surface area (Å²) < 4.78 is 61.0. The van der Waals surface area contributed by atoms with Gasteiger partial charge in [0.2, 0.25) is 0 Å². The van der Waals surface area contributed by atoms with Gasteiger partial charge in [-0.05, 0) is 48.9 Å².